The van der Waals surface area contributed by atoms with Crippen LogP contribution in [0.25, 0.3) is 0 Å². The van der Waals surface area contributed by atoms with Crippen LogP contribution in [0.5, 0.6) is 0 Å². The van der Waals surface area contributed by atoms with Crippen LogP contribution in [0.3, 0.4) is 0 Å². The highest BCUT2D eigenvalue weighted by Gasteiger charge is 2.16. The van der Waals surface area contributed by atoms with Crippen molar-refractivity contribution in [1.29, 1.82) is 0 Å². The van der Waals surface area contributed by atoms with Crippen molar-refractivity contribution >= 4 is 27.3 Å². The minimum atomic E-state index is -3.67. The van der Waals surface area contributed by atoms with Crippen molar-refractivity contribution in [1.82, 2.24) is 0 Å². The van der Waals surface area contributed by atoms with Crippen LogP contribution in [-0.2, 0) is 16.6 Å². The maximum absolute atomic E-state index is 12.4. The first-order valence-corrected chi connectivity index (χ1v) is 8.28. The molecule has 0 aliphatic rings. The standard InChI is InChI=1S/C15H17ClN2O2S/c1-10-3-4-11(2)15(7-10)18-21(19,20)13-5-6-14(16)12(8-13)9-17/h3-8,18H,9,17H2,1-2H3. The summed E-state index contributed by atoms with van der Waals surface area (Å²) in [4.78, 5) is 0.147. The number of rotatable bonds is 4. The quantitative estimate of drug-likeness (QED) is 0.907. The van der Waals surface area contributed by atoms with Crippen molar-refractivity contribution in [3.63, 3.8) is 0 Å². The molecule has 0 bridgehead atoms. The van der Waals surface area contributed by atoms with Gasteiger partial charge in [-0.3, -0.25) is 4.72 Å². The van der Waals surface area contributed by atoms with Gasteiger partial charge < -0.3 is 5.73 Å². The summed E-state index contributed by atoms with van der Waals surface area (Å²) in [6, 6.07) is 10.1. The molecular weight excluding hydrogens is 308 g/mol. The highest BCUT2D eigenvalue weighted by atomic mass is 35.5. The van der Waals surface area contributed by atoms with Crippen LogP contribution in [0.2, 0.25) is 5.02 Å². The summed E-state index contributed by atoms with van der Waals surface area (Å²) in [6.07, 6.45) is 0. The first kappa shape index (κ1) is 15.8. The average molecular weight is 325 g/mol. The molecule has 0 aromatic heterocycles. The molecule has 3 N–H and O–H groups in total. The fraction of sp³-hybridized carbons (Fsp3) is 0.200. The summed E-state index contributed by atoms with van der Waals surface area (Å²) in [6.45, 7) is 3.95. The van der Waals surface area contributed by atoms with Gasteiger partial charge in [0.25, 0.3) is 10.0 Å². The van der Waals surface area contributed by atoms with E-state index in [-0.39, 0.29) is 11.4 Å². The molecule has 0 aliphatic heterocycles. The van der Waals surface area contributed by atoms with E-state index in [1.54, 1.807) is 12.1 Å². The minimum Gasteiger partial charge on any atom is -0.326 e. The second-order valence-corrected chi connectivity index (χ2v) is 6.97. The summed E-state index contributed by atoms with van der Waals surface area (Å²) in [5, 5.41) is 0.461. The van der Waals surface area contributed by atoms with Gasteiger partial charge in [-0.25, -0.2) is 8.42 Å². The molecule has 0 atom stereocenters. The highest BCUT2D eigenvalue weighted by Crippen LogP contribution is 2.24. The van der Waals surface area contributed by atoms with E-state index in [1.165, 1.54) is 12.1 Å². The van der Waals surface area contributed by atoms with Crippen molar-refractivity contribution in [2.75, 3.05) is 4.72 Å². The number of benzene rings is 2. The Morgan fingerprint density at radius 1 is 1.14 bits per heavy atom. The van der Waals surface area contributed by atoms with E-state index in [2.05, 4.69) is 4.72 Å². The molecule has 0 spiro atoms. The molecule has 2 aromatic rings. The van der Waals surface area contributed by atoms with Gasteiger partial charge >= 0.3 is 0 Å². The van der Waals surface area contributed by atoms with Gasteiger partial charge in [-0.1, -0.05) is 23.7 Å². The maximum atomic E-state index is 12.4. The number of nitrogens with one attached hydrogen (secondary N) is 1. The molecule has 0 radical (unpaired) electrons. The monoisotopic (exact) mass is 324 g/mol. The number of sulfonamides is 1. The molecule has 0 unspecified atom stereocenters. The fourth-order valence-electron chi connectivity index (χ4n) is 1.92. The Balaban J connectivity index is 2.41. The number of aryl methyl sites for hydroxylation is 2. The van der Waals surface area contributed by atoms with Gasteiger partial charge in [-0.05, 0) is 54.8 Å². The topological polar surface area (TPSA) is 72.2 Å². The molecule has 0 saturated carbocycles. The Morgan fingerprint density at radius 3 is 2.52 bits per heavy atom. The second kappa shape index (κ2) is 6.05. The van der Waals surface area contributed by atoms with Crippen LogP contribution in [0.1, 0.15) is 16.7 Å². The first-order chi connectivity index (χ1) is 9.83. The molecule has 0 amide bonds. The fourth-order valence-corrected chi connectivity index (χ4v) is 3.29. The lowest BCUT2D eigenvalue weighted by Crippen LogP contribution is -2.14. The Hall–Kier alpha value is -1.56. The molecule has 112 valence electrons. The van der Waals surface area contributed by atoms with Gasteiger partial charge in [0.15, 0.2) is 0 Å². The first-order valence-electron chi connectivity index (χ1n) is 6.42. The third-order valence-corrected chi connectivity index (χ3v) is 4.92. The zero-order chi connectivity index (χ0) is 15.6. The Kier molecular flexibility index (Phi) is 4.56. The zero-order valence-electron chi connectivity index (χ0n) is 11.9. The SMILES string of the molecule is Cc1ccc(C)c(NS(=O)(=O)c2ccc(Cl)c(CN)c2)c1. The predicted molar refractivity (Wildman–Crippen MR) is 86.1 cm³/mol. The van der Waals surface area contributed by atoms with Crippen LogP contribution < -0.4 is 10.5 Å². The van der Waals surface area contributed by atoms with E-state index in [1.807, 2.05) is 26.0 Å². The number of hydrogen-bond donors (Lipinski definition) is 2. The summed E-state index contributed by atoms with van der Waals surface area (Å²) >= 11 is 5.96. The van der Waals surface area contributed by atoms with E-state index in [0.717, 1.165) is 11.1 Å². The Labute approximate surface area is 130 Å². The predicted octanol–water partition coefficient (Wildman–Crippen LogP) is 3.22. The van der Waals surface area contributed by atoms with E-state index < -0.39 is 10.0 Å². The largest absolute Gasteiger partial charge is 0.326 e. The third kappa shape index (κ3) is 3.56. The molecule has 6 heteroatoms. The molecule has 0 aliphatic carbocycles. The maximum Gasteiger partial charge on any atom is 0.261 e. The summed E-state index contributed by atoms with van der Waals surface area (Å²) < 4.78 is 27.5. The highest BCUT2D eigenvalue weighted by molar-refractivity contribution is 7.92. The number of halogens is 1. The molecule has 2 aromatic carbocycles. The van der Waals surface area contributed by atoms with Crippen LogP contribution in [0.15, 0.2) is 41.3 Å². The Morgan fingerprint density at radius 2 is 1.86 bits per heavy atom. The molecule has 0 saturated heterocycles. The second-order valence-electron chi connectivity index (χ2n) is 4.88. The zero-order valence-corrected chi connectivity index (χ0v) is 13.4. The van der Waals surface area contributed by atoms with Gasteiger partial charge in [-0.2, -0.15) is 0 Å². The lowest BCUT2D eigenvalue weighted by molar-refractivity contribution is 0.601. The van der Waals surface area contributed by atoms with Crippen LogP contribution in [0, 0.1) is 13.8 Å². The van der Waals surface area contributed by atoms with Crippen LogP contribution in [-0.4, -0.2) is 8.42 Å². The minimum absolute atomic E-state index is 0.147. The van der Waals surface area contributed by atoms with Crippen molar-refractivity contribution in [2.24, 2.45) is 5.73 Å². The van der Waals surface area contributed by atoms with E-state index >= 15 is 0 Å². The van der Waals surface area contributed by atoms with Gasteiger partial charge in [0.2, 0.25) is 0 Å². The third-order valence-electron chi connectivity index (χ3n) is 3.18. The van der Waals surface area contributed by atoms with Crippen molar-refractivity contribution < 1.29 is 8.42 Å². The van der Waals surface area contributed by atoms with Crippen molar-refractivity contribution in [3.05, 3.63) is 58.1 Å². The van der Waals surface area contributed by atoms with Crippen LogP contribution >= 0.6 is 11.6 Å². The van der Waals surface area contributed by atoms with Gasteiger partial charge in [0.05, 0.1) is 10.6 Å². The molecule has 21 heavy (non-hydrogen) atoms. The van der Waals surface area contributed by atoms with E-state index in [9.17, 15) is 8.42 Å². The number of hydrogen-bond acceptors (Lipinski definition) is 3. The summed E-state index contributed by atoms with van der Waals surface area (Å²) in [5.41, 5.74) is 8.57. The van der Waals surface area contributed by atoms with Crippen molar-refractivity contribution in [2.45, 2.75) is 25.3 Å². The van der Waals surface area contributed by atoms with Crippen molar-refractivity contribution in [3.8, 4) is 0 Å². The number of nitrogens with two attached hydrogens (primary N) is 1. The van der Waals surface area contributed by atoms with Gasteiger partial charge in [0.1, 0.15) is 0 Å². The molecule has 0 fully saturated rings. The lowest BCUT2D eigenvalue weighted by Gasteiger charge is -2.12. The lowest BCUT2D eigenvalue weighted by atomic mass is 10.1. The van der Waals surface area contributed by atoms with E-state index in [0.29, 0.717) is 16.3 Å². The summed E-state index contributed by atoms with van der Waals surface area (Å²) in [5.74, 6) is 0. The molecule has 2 rings (SSSR count). The van der Waals surface area contributed by atoms with Gasteiger partial charge in [-0.15, -0.1) is 0 Å². The normalized spacial score (nSPS) is 11.4. The number of anilines is 1. The van der Waals surface area contributed by atoms with E-state index in [4.69, 9.17) is 17.3 Å². The summed E-state index contributed by atoms with van der Waals surface area (Å²) in [7, 11) is -3.67. The Bertz CT molecular complexity index is 773. The molecule has 4 nitrogen and oxygen atoms in total. The average Bonchev–Trinajstić information content (AvgIpc) is 2.43. The molecular formula is C15H17ClN2O2S. The van der Waals surface area contributed by atoms with Gasteiger partial charge in [0, 0.05) is 11.6 Å². The van der Waals surface area contributed by atoms with Crippen LogP contribution in [0.4, 0.5) is 5.69 Å². The molecule has 0 heterocycles. The smallest absolute Gasteiger partial charge is 0.261 e.